The van der Waals surface area contributed by atoms with Crippen LogP contribution in [0.3, 0.4) is 0 Å². The summed E-state index contributed by atoms with van der Waals surface area (Å²) in [6.07, 6.45) is 3.25. The van der Waals surface area contributed by atoms with Gasteiger partial charge in [0.15, 0.2) is 11.6 Å². The third-order valence-corrected chi connectivity index (χ3v) is 4.56. The Morgan fingerprint density at radius 2 is 1.73 bits per heavy atom. The molecule has 0 amide bonds. The summed E-state index contributed by atoms with van der Waals surface area (Å²) in [5, 5.41) is 29.6. The van der Waals surface area contributed by atoms with Crippen LogP contribution in [0.15, 0.2) is 47.0 Å². The summed E-state index contributed by atoms with van der Waals surface area (Å²) >= 11 is 0. The van der Waals surface area contributed by atoms with Crippen molar-refractivity contribution in [1.29, 1.82) is 0 Å². The van der Waals surface area contributed by atoms with Crippen LogP contribution in [0, 0.1) is 0 Å². The van der Waals surface area contributed by atoms with E-state index in [0.717, 1.165) is 22.0 Å². The van der Waals surface area contributed by atoms with Gasteiger partial charge in [-0.05, 0) is 37.6 Å². The Morgan fingerprint density at radius 1 is 1.00 bits per heavy atom. The summed E-state index contributed by atoms with van der Waals surface area (Å²) in [5.74, 6) is 0.697. The van der Waals surface area contributed by atoms with E-state index < -0.39 is 0 Å². The van der Waals surface area contributed by atoms with Crippen LogP contribution in [0.5, 0.6) is 0 Å². The Hall–Kier alpha value is -3.83. The molecule has 2 heterocycles. The van der Waals surface area contributed by atoms with Gasteiger partial charge in [0.2, 0.25) is 0 Å². The van der Waals surface area contributed by atoms with Crippen molar-refractivity contribution in [2.45, 2.75) is 20.4 Å². The number of pyridine rings is 1. The Balaban J connectivity index is 1.75. The average molecular weight is 454 g/mol. The SMILES string of the molecule is C/C(=N\OCCO)c1cnc2ccc(CNc3nc(/C(C)=N/OCCO)cnc3N)cc2c1. The topological polar surface area (TPSA) is 160 Å². The third-order valence-electron chi connectivity index (χ3n) is 4.56. The van der Waals surface area contributed by atoms with E-state index in [-0.39, 0.29) is 32.2 Å². The molecular weight excluding hydrogens is 426 g/mol. The van der Waals surface area contributed by atoms with Gasteiger partial charge in [0, 0.05) is 23.7 Å². The van der Waals surface area contributed by atoms with Crippen molar-refractivity contribution in [2.24, 2.45) is 10.3 Å². The molecule has 11 nitrogen and oxygen atoms in total. The predicted molar refractivity (Wildman–Crippen MR) is 126 cm³/mol. The molecular formula is C22H27N7O4. The van der Waals surface area contributed by atoms with Crippen LogP contribution in [-0.4, -0.2) is 63.0 Å². The quantitative estimate of drug-likeness (QED) is 0.192. The summed E-state index contributed by atoms with van der Waals surface area (Å²) in [6, 6.07) is 7.90. The smallest absolute Gasteiger partial charge is 0.169 e. The summed E-state index contributed by atoms with van der Waals surface area (Å²) in [6.45, 7) is 4.04. The van der Waals surface area contributed by atoms with Gasteiger partial charge in [-0.2, -0.15) is 0 Å². The number of aliphatic hydroxyl groups excluding tert-OH is 2. The van der Waals surface area contributed by atoms with Gasteiger partial charge in [0.25, 0.3) is 0 Å². The van der Waals surface area contributed by atoms with Gasteiger partial charge in [0.1, 0.15) is 24.6 Å². The zero-order chi connectivity index (χ0) is 23.6. The number of fused-ring (bicyclic) bond motifs is 1. The standard InChI is InChI=1S/C22H27N7O4/c1-14(28-32-7-5-30)18-10-17-9-16(3-4-19(17)24-12-18)11-26-22-21(23)25-13-20(27-22)15(2)29-33-8-6-31/h3-4,9-10,12-13,30-31H,5-8,11H2,1-2H3,(H2,23,25)(H,26,27)/b28-14+,29-15+. The number of benzene rings is 1. The van der Waals surface area contributed by atoms with Crippen LogP contribution in [-0.2, 0) is 16.2 Å². The van der Waals surface area contributed by atoms with Gasteiger partial charge in [0.05, 0.1) is 30.6 Å². The molecule has 11 heteroatoms. The molecule has 0 aliphatic carbocycles. The lowest BCUT2D eigenvalue weighted by atomic mass is 10.1. The molecule has 0 unspecified atom stereocenters. The van der Waals surface area contributed by atoms with Crippen LogP contribution in [0.2, 0.25) is 0 Å². The van der Waals surface area contributed by atoms with E-state index in [0.29, 0.717) is 29.5 Å². The van der Waals surface area contributed by atoms with Crippen molar-refractivity contribution < 1.29 is 19.9 Å². The van der Waals surface area contributed by atoms with Crippen LogP contribution in [0.1, 0.15) is 30.7 Å². The molecule has 5 N–H and O–H groups in total. The number of anilines is 2. The second kappa shape index (κ2) is 11.7. The second-order valence-corrected chi connectivity index (χ2v) is 7.06. The monoisotopic (exact) mass is 453 g/mol. The predicted octanol–water partition coefficient (Wildman–Crippen LogP) is 1.68. The molecule has 0 fully saturated rings. The van der Waals surface area contributed by atoms with Crippen molar-refractivity contribution >= 4 is 34.0 Å². The highest BCUT2D eigenvalue weighted by atomic mass is 16.6. The van der Waals surface area contributed by atoms with E-state index in [1.807, 2.05) is 31.2 Å². The Labute approximate surface area is 191 Å². The molecule has 2 aromatic heterocycles. The fourth-order valence-corrected chi connectivity index (χ4v) is 2.84. The molecule has 0 atom stereocenters. The van der Waals surface area contributed by atoms with Gasteiger partial charge in [-0.15, -0.1) is 0 Å². The summed E-state index contributed by atoms with van der Waals surface area (Å²) in [5.41, 5.74) is 10.3. The second-order valence-electron chi connectivity index (χ2n) is 7.06. The number of aliphatic hydroxyl groups is 2. The van der Waals surface area contributed by atoms with Gasteiger partial charge in [-0.1, -0.05) is 16.4 Å². The molecule has 3 aromatic rings. The summed E-state index contributed by atoms with van der Waals surface area (Å²) < 4.78 is 0. The van der Waals surface area contributed by atoms with Crippen molar-refractivity contribution in [1.82, 2.24) is 15.0 Å². The number of rotatable bonds is 11. The maximum absolute atomic E-state index is 8.81. The number of oxime groups is 2. The minimum atomic E-state index is -0.121. The third kappa shape index (κ3) is 6.57. The molecule has 0 radical (unpaired) electrons. The Bertz CT molecular complexity index is 1150. The van der Waals surface area contributed by atoms with E-state index in [2.05, 4.69) is 30.6 Å². The lowest BCUT2D eigenvalue weighted by Gasteiger charge is -2.10. The molecule has 1 aromatic carbocycles. The van der Waals surface area contributed by atoms with E-state index in [9.17, 15) is 0 Å². The zero-order valence-electron chi connectivity index (χ0n) is 18.5. The van der Waals surface area contributed by atoms with Gasteiger partial charge < -0.3 is 30.9 Å². The first kappa shape index (κ1) is 23.8. The molecule has 0 aliphatic heterocycles. The average Bonchev–Trinajstić information content (AvgIpc) is 2.83. The van der Waals surface area contributed by atoms with E-state index >= 15 is 0 Å². The van der Waals surface area contributed by atoms with Crippen LogP contribution in [0.4, 0.5) is 11.6 Å². The minimum absolute atomic E-state index is 0.0925. The molecule has 174 valence electrons. The van der Waals surface area contributed by atoms with E-state index in [4.69, 9.17) is 25.6 Å². The fraction of sp³-hybridized carbons (Fsp3) is 0.318. The highest BCUT2D eigenvalue weighted by Gasteiger charge is 2.09. The summed E-state index contributed by atoms with van der Waals surface area (Å²) in [7, 11) is 0. The van der Waals surface area contributed by atoms with Crippen molar-refractivity contribution in [3.8, 4) is 0 Å². The largest absolute Gasteiger partial charge is 0.393 e. The number of nitrogens with zero attached hydrogens (tertiary/aromatic N) is 5. The lowest BCUT2D eigenvalue weighted by Crippen LogP contribution is -2.10. The first-order valence-electron chi connectivity index (χ1n) is 10.3. The van der Waals surface area contributed by atoms with Gasteiger partial charge in [-0.25, -0.2) is 9.97 Å². The van der Waals surface area contributed by atoms with Gasteiger partial charge >= 0.3 is 0 Å². The van der Waals surface area contributed by atoms with Crippen LogP contribution in [0.25, 0.3) is 10.9 Å². The Morgan fingerprint density at radius 3 is 2.45 bits per heavy atom. The Kier molecular flexibility index (Phi) is 8.44. The molecule has 33 heavy (non-hydrogen) atoms. The first-order chi connectivity index (χ1) is 16.0. The summed E-state index contributed by atoms with van der Waals surface area (Å²) in [4.78, 5) is 23.1. The van der Waals surface area contributed by atoms with Crippen molar-refractivity contribution in [2.75, 3.05) is 37.5 Å². The normalized spacial score (nSPS) is 12.1. The number of hydrogen-bond donors (Lipinski definition) is 4. The highest BCUT2D eigenvalue weighted by Crippen LogP contribution is 2.19. The molecule has 0 aliphatic rings. The molecule has 0 bridgehead atoms. The molecule has 0 spiro atoms. The van der Waals surface area contributed by atoms with Crippen molar-refractivity contribution in [3.05, 3.63) is 53.5 Å². The molecule has 3 rings (SSSR count). The number of nitrogen functional groups attached to an aromatic ring is 1. The maximum atomic E-state index is 8.81. The molecule has 0 saturated heterocycles. The van der Waals surface area contributed by atoms with E-state index in [1.54, 1.807) is 13.1 Å². The highest BCUT2D eigenvalue weighted by molar-refractivity contribution is 6.00. The zero-order valence-corrected chi connectivity index (χ0v) is 18.5. The molecule has 0 saturated carbocycles. The maximum Gasteiger partial charge on any atom is 0.169 e. The first-order valence-corrected chi connectivity index (χ1v) is 10.3. The number of nitrogens with one attached hydrogen (secondary N) is 1. The van der Waals surface area contributed by atoms with Crippen molar-refractivity contribution in [3.63, 3.8) is 0 Å². The lowest BCUT2D eigenvalue weighted by molar-refractivity contribution is 0.0986. The van der Waals surface area contributed by atoms with E-state index in [1.165, 1.54) is 6.20 Å². The number of nitrogens with two attached hydrogens (primary N) is 1. The van der Waals surface area contributed by atoms with Crippen LogP contribution < -0.4 is 11.1 Å². The van der Waals surface area contributed by atoms with Gasteiger partial charge in [-0.3, -0.25) is 4.98 Å². The minimum Gasteiger partial charge on any atom is -0.393 e. The number of hydrogen-bond acceptors (Lipinski definition) is 11. The number of aromatic nitrogens is 3. The van der Waals surface area contributed by atoms with Crippen LogP contribution >= 0.6 is 0 Å². The fourth-order valence-electron chi connectivity index (χ4n) is 2.84.